The van der Waals surface area contributed by atoms with Crippen LogP contribution in [0.3, 0.4) is 0 Å². The maximum atomic E-state index is 13.0. The summed E-state index contributed by atoms with van der Waals surface area (Å²) in [5.41, 5.74) is 0.903. The Morgan fingerprint density at radius 3 is 2.71 bits per heavy atom. The third-order valence-corrected chi connectivity index (χ3v) is 5.34. The van der Waals surface area contributed by atoms with Gasteiger partial charge in [-0.05, 0) is 51.4 Å². The molecule has 0 saturated carbocycles. The van der Waals surface area contributed by atoms with Gasteiger partial charge in [0.05, 0.1) is 6.10 Å². The minimum Gasteiger partial charge on any atom is -0.376 e. The molecule has 5 nitrogen and oxygen atoms in total. The molecule has 0 spiro atoms. The summed E-state index contributed by atoms with van der Waals surface area (Å²) in [5.74, 6) is 0.146. The molecule has 5 heteroatoms. The van der Waals surface area contributed by atoms with Gasteiger partial charge >= 0.3 is 0 Å². The fraction of sp³-hybridized carbons (Fsp3) is 0.789. The van der Waals surface area contributed by atoms with Crippen LogP contribution in [0.2, 0.25) is 0 Å². The summed E-state index contributed by atoms with van der Waals surface area (Å²) < 4.78 is 5.71. The van der Waals surface area contributed by atoms with Gasteiger partial charge in [0, 0.05) is 31.8 Å². The first-order valence-electron chi connectivity index (χ1n) is 9.62. The normalized spacial score (nSPS) is 24.6. The Morgan fingerprint density at radius 1 is 1.12 bits per heavy atom. The van der Waals surface area contributed by atoms with Crippen molar-refractivity contribution in [3.8, 4) is 0 Å². The topological polar surface area (TPSA) is 49.9 Å². The average Bonchev–Trinajstić information content (AvgIpc) is 3.23. The van der Waals surface area contributed by atoms with E-state index in [0.29, 0.717) is 6.54 Å². The highest BCUT2D eigenvalue weighted by atomic mass is 16.5. The van der Waals surface area contributed by atoms with Crippen molar-refractivity contribution in [1.29, 1.82) is 0 Å². The smallest absolute Gasteiger partial charge is 0.250 e. The van der Waals surface area contributed by atoms with Gasteiger partial charge in [0.1, 0.15) is 6.54 Å². The van der Waals surface area contributed by atoms with Crippen LogP contribution in [0.1, 0.15) is 57.8 Å². The highest BCUT2D eigenvalue weighted by Gasteiger charge is 2.28. The third kappa shape index (κ3) is 4.59. The zero-order chi connectivity index (χ0) is 16.8. The predicted molar refractivity (Wildman–Crippen MR) is 92.5 cm³/mol. The van der Waals surface area contributed by atoms with Crippen LogP contribution in [0.4, 0.5) is 0 Å². The lowest BCUT2D eigenvalue weighted by Gasteiger charge is -2.28. The molecule has 2 heterocycles. The minimum atomic E-state index is 0.0555. The van der Waals surface area contributed by atoms with Crippen molar-refractivity contribution < 1.29 is 14.3 Å². The fourth-order valence-corrected chi connectivity index (χ4v) is 3.90. The van der Waals surface area contributed by atoms with Crippen LogP contribution in [-0.2, 0) is 14.3 Å². The van der Waals surface area contributed by atoms with Crippen molar-refractivity contribution in [2.45, 2.75) is 63.9 Å². The number of ether oxygens (including phenoxy) is 1. The number of allylic oxidation sites excluding steroid dienone is 1. The van der Waals surface area contributed by atoms with Crippen LogP contribution in [0.5, 0.6) is 0 Å². The summed E-state index contributed by atoms with van der Waals surface area (Å²) in [4.78, 5) is 29.2. The van der Waals surface area contributed by atoms with Crippen LogP contribution in [0.15, 0.2) is 11.6 Å². The van der Waals surface area contributed by atoms with E-state index >= 15 is 0 Å². The van der Waals surface area contributed by atoms with Gasteiger partial charge in [0.2, 0.25) is 11.8 Å². The van der Waals surface area contributed by atoms with Gasteiger partial charge < -0.3 is 14.5 Å². The third-order valence-electron chi connectivity index (χ3n) is 5.34. The number of hydrogen-bond acceptors (Lipinski definition) is 3. The van der Waals surface area contributed by atoms with Crippen molar-refractivity contribution in [2.75, 3.05) is 32.8 Å². The molecule has 1 atom stereocenters. The Kier molecular flexibility index (Phi) is 6.30. The molecule has 0 aromatic heterocycles. The highest BCUT2D eigenvalue weighted by molar-refractivity contribution is 5.96. The lowest BCUT2D eigenvalue weighted by Crippen LogP contribution is -2.45. The van der Waals surface area contributed by atoms with E-state index in [-0.39, 0.29) is 24.5 Å². The average molecular weight is 334 g/mol. The Morgan fingerprint density at radius 2 is 1.96 bits per heavy atom. The molecule has 134 valence electrons. The molecule has 2 saturated heterocycles. The molecule has 0 radical (unpaired) electrons. The summed E-state index contributed by atoms with van der Waals surface area (Å²) in [7, 11) is 0. The number of rotatable bonds is 5. The first kappa shape index (κ1) is 17.5. The van der Waals surface area contributed by atoms with E-state index in [4.69, 9.17) is 4.74 Å². The number of likely N-dealkylation sites (tertiary alicyclic amines) is 1. The van der Waals surface area contributed by atoms with Crippen LogP contribution in [0.25, 0.3) is 0 Å². The minimum absolute atomic E-state index is 0.0555. The van der Waals surface area contributed by atoms with Crippen molar-refractivity contribution in [3.63, 3.8) is 0 Å². The zero-order valence-electron chi connectivity index (χ0n) is 14.7. The maximum absolute atomic E-state index is 13.0. The summed E-state index contributed by atoms with van der Waals surface area (Å²) in [6.07, 6.45) is 11.6. The molecule has 0 aromatic rings. The van der Waals surface area contributed by atoms with E-state index in [0.717, 1.165) is 76.6 Å². The first-order chi connectivity index (χ1) is 11.7. The Hall–Kier alpha value is -1.36. The molecule has 3 aliphatic rings. The largest absolute Gasteiger partial charge is 0.376 e. The zero-order valence-corrected chi connectivity index (χ0v) is 14.7. The lowest BCUT2D eigenvalue weighted by molar-refractivity contribution is -0.139. The summed E-state index contributed by atoms with van der Waals surface area (Å²) in [6, 6.07) is 0. The second-order valence-corrected chi connectivity index (χ2v) is 7.24. The van der Waals surface area contributed by atoms with Crippen molar-refractivity contribution in [3.05, 3.63) is 11.6 Å². The molecule has 1 aliphatic carbocycles. The number of carbonyl (C=O) groups is 2. The molecule has 0 N–H and O–H groups in total. The van der Waals surface area contributed by atoms with Gasteiger partial charge in [-0.15, -0.1) is 0 Å². The van der Waals surface area contributed by atoms with Gasteiger partial charge in [-0.1, -0.05) is 12.5 Å². The number of nitrogens with zero attached hydrogens (tertiary/aromatic N) is 2. The van der Waals surface area contributed by atoms with E-state index in [2.05, 4.69) is 6.08 Å². The number of amides is 2. The molecule has 2 fully saturated rings. The maximum Gasteiger partial charge on any atom is 0.250 e. The second kappa shape index (κ2) is 8.65. The van der Waals surface area contributed by atoms with Gasteiger partial charge in [-0.2, -0.15) is 0 Å². The molecule has 0 bridgehead atoms. The first-order valence-corrected chi connectivity index (χ1v) is 9.62. The number of carbonyl (C=O) groups excluding carboxylic acids is 2. The standard InChI is InChI=1S/C19H30N2O3/c22-18(20-11-5-6-12-20)15-21(14-17-10-7-13-24-17)19(23)16-8-3-1-2-4-9-16/h8,17H,1-7,9-15H2. The van der Waals surface area contributed by atoms with E-state index in [1.165, 1.54) is 6.42 Å². The van der Waals surface area contributed by atoms with Gasteiger partial charge in [0.25, 0.3) is 0 Å². The molecule has 0 aromatic carbocycles. The van der Waals surface area contributed by atoms with Gasteiger partial charge in [-0.3, -0.25) is 9.59 Å². The monoisotopic (exact) mass is 334 g/mol. The summed E-state index contributed by atoms with van der Waals surface area (Å²) in [6.45, 7) is 3.20. The summed E-state index contributed by atoms with van der Waals surface area (Å²) >= 11 is 0. The Balaban J connectivity index is 1.66. The van der Waals surface area contributed by atoms with Gasteiger partial charge in [-0.25, -0.2) is 0 Å². The molecule has 3 rings (SSSR count). The van der Waals surface area contributed by atoms with Crippen molar-refractivity contribution in [2.24, 2.45) is 0 Å². The second-order valence-electron chi connectivity index (χ2n) is 7.24. The number of hydrogen-bond donors (Lipinski definition) is 0. The molecule has 2 amide bonds. The van der Waals surface area contributed by atoms with Crippen LogP contribution in [0, 0.1) is 0 Å². The predicted octanol–water partition coefficient (Wildman–Crippen LogP) is 2.51. The van der Waals surface area contributed by atoms with E-state index < -0.39 is 0 Å². The summed E-state index contributed by atoms with van der Waals surface area (Å²) in [5, 5.41) is 0. The van der Waals surface area contributed by atoms with Crippen LogP contribution >= 0.6 is 0 Å². The lowest BCUT2D eigenvalue weighted by atomic mass is 10.1. The molecular formula is C19H30N2O3. The molecule has 2 aliphatic heterocycles. The van der Waals surface area contributed by atoms with E-state index in [1.54, 1.807) is 4.90 Å². The molecule has 1 unspecified atom stereocenters. The molecular weight excluding hydrogens is 304 g/mol. The quantitative estimate of drug-likeness (QED) is 0.776. The fourth-order valence-electron chi connectivity index (χ4n) is 3.90. The van der Waals surface area contributed by atoms with Crippen molar-refractivity contribution in [1.82, 2.24) is 9.80 Å². The van der Waals surface area contributed by atoms with Crippen LogP contribution < -0.4 is 0 Å². The molecule has 24 heavy (non-hydrogen) atoms. The van der Waals surface area contributed by atoms with E-state index in [9.17, 15) is 9.59 Å². The Bertz CT molecular complexity index is 477. The SMILES string of the molecule is O=C(CN(CC1CCCO1)C(=O)C1=CCCCCC1)N1CCCC1. The highest BCUT2D eigenvalue weighted by Crippen LogP contribution is 2.21. The van der Waals surface area contributed by atoms with Gasteiger partial charge in [0.15, 0.2) is 0 Å². The Labute approximate surface area is 145 Å². The van der Waals surface area contributed by atoms with E-state index in [1.807, 2.05) is 4.90 Å². The van der Waals surface area contributed by atoms with Crippen molar-refractivity contribution >= 4 is 11.8 Å². The van der Waals surface area contributed by atoms with Crippen LogP contribution in [-0.4, -0.2) is 60.5 Å².